The average Bonchev–Trinajstić information content (AvgIpc) is 2.52. The number of rotatable bonds is 6. The van der Waals surface area contributed by atoms with E-state index in [1.54, 1.807) is 18.2 Å². The number of piperidine rings is 1. The molecule has 0 aliphatic carbocycles. The van der Waals surface area contributed by atoms with Crippen LogP contribution in [0.25, 0.3) is 0 Å². The van der Waals surface area contributed by atoms with Crippen molar-refractivity contribution in [2.24, 2.45) is 0 Å². The summed E-state index contributed by atoms with van der Waals surface area (Å²) in [7, 11) is -3.68. The molecular formula is C16H25N3O4S. The first kappa shape index (κ1) is 18.8. The van der Waals surface area contributed by atoms with Gasteiger partial charge in [-0.1, -0.05) is 6.92 Å². The van der Waals surface area contributed by atoms with E-state index in [1.165, 1.54) is 12.1 Å². The van der Waals surface area contributed by atoms with E-state index in [2.05, 4.69) is 5.32 Å². The van der Waals surface area contributed by atoms with Gasteiger partial charge in [0.15, 0.2) is 0 Å². The molecule has 8 heteroatoms. The summed E-state index contributed by atoms with van der Waals surface area (Å²) in [4.78, 5) is 10.7. The number of nitrogens with zero attached hydrogens (tertiary/aromatic N) is 2. The molecule has 24 heavy (non-hydrogen) atoms. The first-order valence-corrected chi connectivity index (χ1v) is 9.71. The molecule has 0 atom stereocenters. The van der Waals surface area contributed by atoms with Crippen molar-refractivity contribution in [1.29, 1.82) is 0 Å². The molecule has 1 saturated heterocycles. The summed E-state index contributed by atoms with van der Waals surface area (Å²) in [6.45, 7) is 7.28. The second-order valence-corrected chi connectivity index (χ2v) is 8.09. The summed E-state index contributed by atoms with van der Waals surface area (Å²) < 4.78 is 28.2. The van der Waals surface area contributed by atoms with Crippen molar-refractivity contribution in [3.05, 3.63) is 33.4 Å². The Hall–Kier alpha value is -1.51. The Morgan fingerprint density at radius 1 is 1.25 bits per heavy atom. The molecule has 0 unspecified atom stereocenters. The summed E-state index contributed by atoms with van der Waals surface area (Å²) >= 11 is 0. The normalized spacial score (nSPS) is 16.5. The van der Waals surface area contributed by atoms with Gasteiger partial charge in [-0.25, -0.2) is 8.42 Å². The molecule has 7 nitrogen and oxygen atoms in total. The van der Waals surface area contributed by atoms with Gasteiger partial charge in [-0.2, -0.15) is 4.31 Å². The molecule has 1 aromatic carbocycles. The number of sulfonamides is 1. The van der Waals surface area contributed by atoms with Crippen molar-refractivity contribution in [3.63, 3.8) is 0 Å². The van der Waals surface area contributed by atoms with Crippen molar-refractivity contribution in [2.75, 3.05) is 19.6 Å². The van der Waals surface area contributed by atoms with Crippen molar-refractivity contribution in [2.45, 2.75) is 51.0 Å². The maximum atomic E-state index is 13.3. The van der Waals surface area contributed by atoms with E-state index in [9.17, 15) is 18.5 Å². The van der Waals surface area contributed by atoms with E-state index >= 15 is 0 Å². The number of nitrogens with one attached hydrogen (secondary N) is 1. The minimum atomic E-state index is -3.68. The SMILES string of the molecule is CCCN(C1CCNCC1)S(=O)(=O)c1c(C)cc([N+](=O)[O-])cc1C. The minimum absolute atomic E-state index is 0.0230. The predicted molar refractivity (Wildman–Crippen MR) is 92.6 cm³/mol. The van der Waals surface area contributed by atoms with Crippen molar-refractivity contribution in [1.82, 2.24) is 9.62 Å². The van der Waals surface area contributed by atoms with Gasteiger partial charge in [0.25, 0.3) is 5.69 Å². The fourth-order valence-corrected chi connectivity index (χ4v) is 5.56. The summed E-state index contributed by atoms with van der Waals surface area (Å²) in [5, 5.41) is 14.2. The highest BCUT2D eigenvalue weighted by Gasteiger charge is 2.34. The molecule has 1 N–H and O–H groups in total. The Kier molecular flexibility index (Phi) is 5.95. The fourth-order valence-electron chi connectivity index (χ4n) is 3.37. The molecule has 2 rings (SSSR count). The largest absolute Gasteiger partial charge is 0.317 e. The van der Waals surface area contributed by atoms with Crippen molar-refractivity contribution in [3.8, 4) is 0 Å². The van der Waals surface area contributed by atoms with Crippen molar-refractivity contribution >= 4 is 15.7 Å². The second kappa shape index (κ2) is 7.58. The number of non-ortho nitro benzene ring substituents is 1. The van der Waals surface area contributed by atoms with Crippen molar-refractivity contribution < 1.29 is 13.3 Å². The molecule has 0 aromatic heterocycles. The molecule has 1 fully saturated rings. The molecule has 0 saturated carbocycles. The molecule has 1 heterocycles. The zero-order chi connectivity index (χ0) is 17.9. The van der Waals surface area contributed by atoms with Gasteiger partial charge in [-0.3, -0.25) is 10.1 Å². The maximum Gasteiger partial charge on any atom is 0.270 e. The van der Waals surface area contributed by atoms with Crippen LogP contribution in [0.5, 0.6) is 0 Å². The summed E-state index contributed by atoms with van der Waals surface area (Å²) in [5.74, 6) is 0. The summed E-state index contributed by atoms with van der Waals surface area (Å²) in [6, 6.07) is 2.66. The zero-order valence-electron chi connectivity index (χ0n) is 14.4. The third-order valence-electron chi connectivity index (χ3n) is 4.38. The molecule has 0 amide bonds. The number of nitro benzene ring substituents is 1. The first-order valence-electron chi connectivity index (χ1n) is 8.27. The Labute approximate surface area is 143 Å². The van der Waals surface area contributed by atoms with Gasteiger partial charge in [0, 0.05) is 24.7 Å². The van der Waals surface area contributed by atoms with Gasteiger partial charge < -0.3 is 5.32 Å². The smallest absolute Gasteiger partial charge is 0.270 e. The average molecular weight is 355 g/mol. The lowest BCUT2D eigenvalue weighted by Crippen LogP contribution is -2.46. The van der Waals surface area contributed by atoms with Gasteiger partial charge in [0.05, 0.1) is 9.82 Å². The van der Waals surface area contributed by atoms with Gasteiger partial charge in [0.2, 0.25) is 10.0 Å². The van der Waals surface area contributed by atoms with E-state index in [0.717, 1.165) is 32.4 Å². The Morgan fingerprint density at radius 2 is 1.79 bits per heavy atom. The van der Waals surface area contributed by atoms with Crippen LogP contribution in [0, 0.1) is 24.0 Å². The molecule has 1 aliphatic heterocycles. The standard InChI is InChI=1S/C16H25N3O4S/c1-4-9-18(14-5-7-17-8-6-14)24(22,23)16-12(2)10-15(19(20)21)11-13(16)3/h10-11,14,17H,4-9H2,1-3H3. The highest BCUT2D eigenvalue weighted by atomic mass is 32.2. The molecule has 134 valence electrons. The van der Waals surface area contributed by atoms with E-state index in [-0.39, 0.29) is 16.6 Å². The predicted octanol–water partition coefficient (Wildman–Crippen LogP) is 2.36. The third kappa shape index (κ3) is 3.76. The van der Waals surface area contributed by atoms with E-state index < -0.39 is 14.9 Å². The first-order chi connectivity index (χ1) is 11.3. The summed E-state index contributed by atoms with van der Waals surface area (Å²) in [6.07, 6.45) is 2.29. The molecule has 0 spiro atoms. The highest BCUT2D eigenvalue weighted by Crippen LogP contribution is 2.30. The van der Waals surface area contributed by atoms with Gasteiger partial charge >= 0.3 is 0 Å². The molecule has 0 bridgehead atoms. The van der Waals surface area contributed by atoms with Crippen LogP contribution in [0.15, 0.2) is 17.0 Å². The fraction of sp³-hybridized carbons (Fsp3) is 0.625. The molecular weight excluding hydrogens is 330 g/mol. The Balaban J connectivity index is 2.48. The number of nitro groups is 1. The topological polar surface area (TPSA) is 92.6 Å². The molecule has 1 aliphatic rings. The van der Waals surface area contributed by atoms with Gasteiger partial charge in [-0.05, 0) is 57.3 Å². The van der Waals surface area contributed by atoms with Crippen LogP contribution in [0.4, 0.5) is 5.69 Å². The number of benzene rings is 1. The van der Waals surface area contributed by atoms with Crippen LogP contribution in [0.3, 0.4) is 0 Å². The lowest BCUT2D eigenvalue weighted by Gasteiger charge is -2.34. The van der Waals surface area contributed by atoms with Crippen LogP contribution in [0.2, 0.25) is 0 Å². The van der Waals surface area contributed by atoms with E-state index in [1.807, 2.05) is 6.92 Å². The van der Waals surface area contributed by atoms with Gasteiger partial charge in [-0.15, -0.1) is 0 Å². The third-order valence-corrected chi connectivity index (χ3v) is 6.64. The van der Waals surface area contributed by atoms with Crippen LogP contribution in [-0.2, 0) is 10.0 Å². The number of aryl methyl sites for hydroxylation is 2. The van der Waals surface area contributed by atoms with Crippen LogP contribution >= 0.6 is 0 Å². The zero-order valence-corrected chi connectivity index (χ0v) is 15.2. The monoisotopic (exact) mass is 355 g/mol. The van der Waals surface area contributed by atoms with Crippen LogP contribution in [-0.4, -0.2) is 43.3 Å². The lowest BCUT2D eigenvalue weighted by molar-refractivity contribution is -0.385. The number of hydrogen-bond donors (Lipinski definition) is 1. The van der Waals surface area contributed by atoms with E-state index in [0.29, 0.717) is 17.7 Å². The molecule has 0 radical (unpaired) electrons. The highest BCUT2D eigenvalue weighted by molar-refractivity contribution is 7.89. The number of hydrogen-bond acceptors (Lipinski definition) is 5. The maximum absolute atomic E-state index is 13.3. The van der Waals surface area contributed by atoms with Crippen LogP contribution in [0.1, 0.15) is 37.3 Å². The molecule has 1 aromatic rings. The minimum Gasteiger partial charge on any atom is -0.317 e. The Morgan fingerprint density at radius 3 is 2.25 bits per heavy atom. The lowest BCUT2D eigenvalue weighted by atomic mass is 10.1. The van der Waals surface area contributed by atoms with Crippen LogP contribution < -0.4 is 5.32 Å². The quantitative estimate of drug-likeness (QED) is 0.625. The summed E-state index contributed by atoms with van der Waals surface area (Å²) in [5.41, 5.74) is 0.779. The Bertz CT molecular complexity index is 689. The van der Waals surface area contributed by atoms with Gasteiger partial charge in [0.1, 0.15) is 0 Å². The second-order valence-electron chi connectivity index (χ2n) is 6.26. The van der Waals surface area contributed by atoms with E-state index in [4.69, 9.17) is 0 Å².